The van der Waals surface area contributed by atoms with Crippen molar-refractivity contribution in [2.24, 2.45) is 0 Å². The molecule has 4 nitrogen and oxygen atoms in total. The molecule has 0 saturated carbocycles. The Morgan fingerprint density at radius 1 is 0.909 bits per heavy atom. The summed E-state index contributed by atoms with van der Waals surface area (Å²) in [7, 11) is 0. The highest BCUT2D eigenvalue weighted by Gasteiger charge is 2.18. The average Bonchev–Trinajstić information content (AvgIpc) is 3.39. The van der Waals surface area contributed by atoms with E-state index >= 15 is 0 Å². The monoisotopic (exact) mass is 488 g/mol. The van der Waals surface area contributed by atoms with Crippen LogP contribution in [0, 0.1) is 0 Å². The van der Waals surface area contributed by atoms with Gasteiger partial charge >= 0.3 is 0 Å². The van der Waals surface area contributed by atoms with Gasteiger partial charge in [-0.3, -0.25) is 4.79 Å². The molecule has 1 amide bonds. The van der Waals surface area contributed by atoms with E-state index in [0.29, 0.717) is 37.6 Å². The van der Waals surface area contributed by atoms with Crippen LogP contribution < -0.4 is 5.32 Å². The Kier molecular flexibility index (Phi) is 4.84. The molecule has 4 aromatic carbocycles. The van der Waals surface area contributed by atoms with Crippen molar-refractivity contribution in [2.75, 3.05) is 5.32 Å². The van der Waals surface area contributed by atoms with Crippen LogP contribution in [-0.2, 0) is 0 Å². The number of oxazole rings is 1. The lowest BCUT2D eigenvalue weighted by molar-refractivity contribution is 0.103. The molecule has 0 aliphatic carbocycles. The van der Waals surface area contributed by atoms with Crippen molar-refractivity contribution in [3.05, 3.63) is 93.8 Å². The standard InChI is InChI=1S/C26H14Cl2N2O2S/c27-15-8-10-19-22(12-15)33-24(23(19)28)25(31)29-16-9-11-21-20(13-16)30-26(32-21)18-7-3-5-14-4-1-2-6-17(14)18/h1-13H,(H,29,31). The third kappa shape index (κ3) is 3.55. The fourth-order valence-corrected chi connectivity index (χ4v) is 5.59. The number of nitrogens with one attached hydrogen (secondary N) is 1. The molecule has 6 rings (SSSR count). The van der Waals surface area contributed by atoms with Crippen LogP contribution >= 0.6 is 34.5 Å². The predicted octanol–water partition coefficient (Wildman–Crippen LogP) is 8.42. The molecule has 160 valence electrons. The summed E-state index contributed by atoms with van der Waals surface area (Å²) < 4.78 is 6.89. The van der Waals surface area contributed by atoms with Crippen LogP contribution in [0.2, 0.25) is 10.0 Å². The first-order chi connectivity index (χ1) is 16.1. The molecule has 6 aromatic rings. The largest absolute Gasteiger partial charge is 0.436 e. The minimum Gasteiger partial charge on any atom is -0.436 e. The third-order valence-electron chi connectivity index (χ3n) is 5.46. The minimum absolute atomic E-state index is 0.283. The van der Waals surface area contributed by atoms with Gasteiger partial charge in [0.2, 0.25) is 5.89 Å². The van der Waals surface area contributed by atoms with Crippen LogP contribution in [0.5, 0.6) is 0 Å². The van der Waals surface area contributed by atoms with E-state index in [0.717, 1.165) is 26.4 Å². The van der Waals surface area contributed by atoms with Gasteiger partial charge in [-0.05, 0) is 47.2 Å². The Morgan fingerprint density at radius 2 is 1.76 bits per heavy atom. The molecule has 0 unspecified atom stereocenters. The van der Waals surface area contributed by atoms with E-state index in [1.807, 2.05) is 36.4 Å². The Hall–Kier alpha value is -3.38. The SMILES string of the molecule is O=C(Nc1ccc2oc(-c3cccc4ccccc34)nc2c1)c1sc2cc(Cl)ccc2c1Cl. The summed E-state index contributed by atoms with van der Waals surface area (Å²) >= 11 is 13.8. The van der Waals surface area contributed by atoms with Crippen LogP contribution in [0.25, 0.3) is 43.4 Å². The van der Waals surface area contributed by atoms with Gasteiger partial charge in [0.25, 0.3) is 5.91 Å². The fraction of sp³-hybridized carbons (Fsp3) is 0. The number of nitrogens with zero attached hydrogens (tertiary/aromatic N) is 1. The Bertz CT molecular complexity index is 1700. The number of fused-ring (bicyclic) bond motifs is 3. The van der Waals surface area contributed by atoms with Gasteiger partial charge in [-0.1, -0.05) is 65.7 Å². The van der Waals surface area contributed by atoms with E-state index in [1.165, 1.54) is 11.3 Å². The van der Waals surface area contributed by atoms with Gasteiger partial charge in [-0.15, -0.1) is 11.3 Å². The highest BCUT2D eigenvalue weighted by molar-refractivity contribution is 7.21. The van der Waals surface area contributed by atoms with Gasteiger partial charge in [0.15, 0.2) is 5.58 Å². The molecule has 33 heavy (non-hydrogen) atoms. The van der Waals surface area contributed by atoms with E-state index in [9.17, 15) is 4.79 Å². The number of anilines is 1. The van der Waals surface area contributed by atoms with Crippen LogP contribution in [0.1, 0.15) is 9.67 Å². The van der Waals surface area contributed by atoms with E-state index < -0.39 is 0 Å². The zero-order valence-electron chi connectivity index (χ0n) is 16.9. The maximum Gasteiger partial charge on any atom is 0.267 e. The summed E-state index contributed by atoms with van der Waals surface area (Å²) in [5.41, 5.74) is 2.83. The first kappa shape index (κ1) is 20.2. The predicted molar refractivity (Wildman–Crippen MR) is 137 cm³/mol. The lowest BCUT2D eigenvalue weighted by Crippen LogP contribution is -2.10. The van der Waals surface area contributed by atoms with E-state index in [4.69, 9.17) is 27.6 Å². The first-order valence-corrected chi connectivity index (χ1v) is 11.7. The van der Waals surface area contributed by atoms with Crippen LogP contribution in [-0.4, -0.2) is 10.9 Å². The number of hydrogen-bond acceptors (Lipinski definition) is 4. The molecular weight excluding hydrogens is 475 g/mol. The number of carbonyl (C=O) groups is 1. The number of hydrogen-bond donors (Lipinski definition) is 1. The summed E-state index contributed by atoms with van der Waals surface area (Å²) in [6.07, 6.45) is 0. The second-order valence-electron chi connectivity index (χ2n) is 7.57. The molecule has 2 aromatic heterocycles. The number of halogens is 2. The number of rotatable bonds is 3. The fourth-order valence-electron chi connectivity index (χ4n) is 3.91. The second-order valence-corrected chi connectivity index (χ2v) is 9.43. The van der Waals surface area contributed by atoms with Crippen molar-refractivity contribution in [3.63, 3.8) is 0 Å². The van der Waals surface area contributed by atoms with Crippen molar-refractivity contribution < 1.29 is 9.21 Å². The van der Waals surface area contributed by atoms with Gasteiger partial charge in [-0.2, -0.15) is 0 Å². The molecule has 1 N–H and O–H groups in total. The lowest BCUT2D eigenvalue weighted by atomic mass is 10.0. The van der Waals surface area contributed by atoms with Crippen molar-refractivity contribution in [3.8, 4) is 11.5 Å². The highest BCUT2D eigenvalue weighted by atomic mass is 35.5. The molecule has 0 aliphatic heterocycles. The van der Waals surface area contributed by atoms with Crippen LogP contribution in [0.15, 0.2) is 83.3 Å². The summed E-state index contributed by atoms with van der Waals surface area (Å²) in [4.78, 5) is 18.1. The van der Waals surface area contributed by atoms with Crippen molar-refractivity contribution in [1.29, 1.82) is 0 Å². The van der Waals surface area contributed by atoms with Gasteiger partial charge < -0.3 is 9.73 Å². The number of amides is 1. The highest BCUT2D eigenvalue weighted by Crippen LogP contribution is 2.37. The molecule has 0 atom stereocenters. The Balaban J connectivity index is 1.34. The smallest absolute Gasteiger partial charge is 0.267 e. The molecule has 2 heterocycles. The molecule has 0 saturated heterocycles. The number of thiophene rings is 1. The first-order valence-electron chi connectivity index (χ1n) is 10.1. The van der Waals surface area contributed by atoms with Gasteiger partial charge in [0.1, 0.15) is 10.4 Å². The second kappa shape index (κ2) is 7.89. The summed E-state index contributed by atoms with van der Waals surface area (Å²) in [5, 5.41) is 6.94. The maximum absolute atomic E-state index is 12.9. The maximum atomic E-state index is 12.9. The van der Waals surface area contributed by atoms with E-state index in [1.54, 1.807) is 30.3 Å². The molecule has 0 bridgehead atoms. The van der Waals surface area contributed by atoms with Crippen molar-refractivity contribution in [2.45, 2.75) is 0 Å². The molecule has 0 aliphatic rings. The zero-order valence-corrected chi connectivity index (χ0v) is 19.3. The number of benzene rings is 4. The van der Waals surface area contributed by atoms with E-state index in [2.05, 4.69) is 22.4 Å². The molecule has 0 radical (unpaired) electrons. The number of carbonyl (C=O) groups excluding carboxylic acids is 1. The topological polar surface area (TPSA) is 55.1 Å². The molecule has 0 fully saturated rings. The summed E-state index contributed by atoms with van der Waals surface area (Å²) in [6.45, 7) is 0. The summed E-state index contributed by atoms with van der Waals surface area (Å²) in [5.74, 6) is 0.254. The number of aromatic nitrogens is 1. The van der Waals surface area contributed by atoms with Gasteiger partial charge in [0, 0.05) is 26.4 Å². The Labute approximate surface area is 202 Å². The average molecular weight is 489 g/mol. The van der Waals surface area contributed by atoms with Crippen LogP contribution in [0.4, 0.5) is 5.69 Å². The van der Waals surface area contributed by atoms with Crippen LogP contribution in [0.3, 0.4) is 0 Å². The normalized spacial score (nSPS) is 11.5. The third-order valence-corrected chi connectivity index (χ3v) is 7.35. The quantitative estimate of drug-likeness (QED) is 0.272. The van der Waals surface area contributed by atoms with Gasteiger partial charge in [0.05, 0.1) is 5.02 Å². The summed E-state index contributed by atoms with van der Waals surface area (Å²) in [6, 6.07) is 24.9. The Morgan fingerprint density at radius 3 is 2.67 bits per heavy atom. The molecule has 0 spiro atoms. The lowest BCUT2D eigenvalue weighted by Gasteiger charge is -2.03. The van der Waals surface area contributed by atoms with E-state index in [-0.39, 0.29) is 5.91 Å². The van der Waals surface area contributed by atoms with Gasteiger partial charge in [-0.25, -0.2) is 4.98 Å². The van der Waals surface area contributed by atoms with Crippen molar-refractivity contribution in [1.82, 2.24) is 4.98 Å². The molecular formula is C26H14Cl2N2O2S. The molecule has 7 heteroatoms. The minimum atomic E-state index is -0.283. The van der Waals surface area contributed by atoms with Crippen molar-refractivity contribution >= 4 is 78.1 Å². The zero-order chi connectivity index (χ0) is 22.5.